The third-order valence-corrected chi connectivity index (χ3v) is 3.40. The standard InChI is InChI=1S/C14H18N2O3/c1-19-14(18)12-5-3-9-16(12)13(17)7-6-11-4-2-8-15-10-11/h2,4,8,10,12H,3,5-7,9H2,1H3. The molecule has 2 rings (SSSR count). The van der Waals surface area contributed by atoms with E-state index in [1.807, 2.05) is 12.1 Å². The van der Waals surface area contributed by atoms with Crippen LogP contribution in [0.1, 0.15) is 24.8 Å². The van der Waals surface area contributed by atoms with Crippen LogP contribution >= 0.6 is 0 Å². The van der Waals surface area contributed by atoms with Crippen LogP contribution in [0.5, 0.6) is 0 Å². The van der Waals surface area contributed by atoms with Crippen molar-refractivity contribution in [2.75, 3.05) is 13.7 Å². The molecule has 19 heavy (non-hydrogen) atoms. The fourth-order valence-electron chi connectivity index (χ4n) is 2.39. The molecule has 1 unspecified atom stereocenters. The Kier molecular flexibility index (Phi) is 4.49. The van der Waals surface area contributed by atoms with E-state index in [9.17, 15) is 9.59 Å². The van der Waals surface area contributed by atoms with Gasteiger partial charge in [0.05, 0.1) is 7.11 Å². The van der Waals surface area contributed by atoms with Gasteiger partial charge in [-0.15, -0.1) is 0 Å². The molecule has 0 N–H and O–H groups in total. The zero-order valence-electron chi connectivity index (χ0n) is 11.0. The molecule has 0 bridgehead atoms. The number of methoxy groups -OCH3 is 1. The van der Waals surface area contributed by atoms with E-state index in [1.165, 1.54) is 7.11 Å². The quantitative estimate of drug-likeness (QED) is 0.764. The van der Waals surface area contributed by atoms with Crippen LogP contribution in [0.15, 0.2) is 24.5 Å². The number of esters is 1. The van der Waals surface area contributed by atoms with Crippen molar-refractivity contribution in [1.29, 1.82) is 0 Å². The molecule has 5 nitrogen and oxygen atoms in total. The molecule has 1 saturated heterocycles. The van der Waals surface area contributed by atoms with Gasteiger partial charge in [0.25, 0.3) is 0 Å². The summed E-state index contributed by atoms with van der Waals surface area (Å²) in [6, 6.07) is 3.40. The molecule has 1 atom stereocenters. The summed E-state index contributed by atoms with van der Waals surface area (Å²) in [7, 11) is 1.36. The molecule has 1 aromatic heterocycles. The second kappa shape index (κ2) is 6.31. The second-order valence-corrected chi connectivity index (χ2v) is 4.63. The first-order valence-electron chi connectivity index (χ1n) is 6.48. The number of aromatic nitrogens is 1. The number of amides is 1. The Bertz CT molecular complexity index is 447. The second-order valence-electron chi connectivity index (χ2n) is 4.63. The highest BCUT2D eigenvalue weighted by atomic mass is 16.5. The summed E-state index contributed by atoms with van der Waals surface area (Å²) in [5.41, 5.74) is 1.03. The molecule has 1 aliphatic rings. The average Bonchev–Trinajstić information content (AvgIpc) is 2.94. The number of carbonyl (C=O) groups excluding carboxylic acids is 2. The van der Waals surface area contributed by atoms with Crippen molar-refractivity contribution >= 4 is 11.9 Å². The lowest BCUT2D eigenvalue weighted by Gasteiger charge is -2.22. The predicted molar refractivity (Wildman–Crippen MR) is 69.3 cm³/mol. The van der Waals surface area contributed by atoms with Crippen molar-refractivity contribution in [3.63, 3.8) is 0 Å². The van der Waals surface area contributed by atoms with E-state index in [-0.39, 0.29) is 11.9 Å². The lowest BCUT2D eigenvalue weighted by Crippen LogP contribution is -2.41. The highest BCUT2D eigenvalue weighted by Crippen LogP contribution is 2.19. The van der Waals surface area contributed by atoms with Crippen molar-refractivity contribution in [3.05, 3.63) is 30.1 Å². The minimum atomic E-state index is -0.397. The fraction of sp³-hybridized carbons (Fsp3) is 0.500. The van der Waals surface area contributed by atoms with Crippen molar-refractivity contribution in [2.24, 2.45) is 0 Å². The van der Waals surface area contributed by atoms with Gasteiger partial charge in [-0.3, -0.25) is 9.78 Å². The molecule has 1 aromatic rings. The highest BCUT2D eigenvalue weighted by molar-refractivity contribution is 5.85. The number of carbonyl (C=O) groups is 2. The number of pyridine rings is 1. The zero-order valence-corrected chi connectivity index (χ0v) is 11.0. The van der Waals surface area contributed by atoms with Gasteiger partial charge in [-0.1, -0.05) is 6.07 Å². The Morgan fingerprint density at radius 3 is 3.05 bits per heavy atom. The average molecular weight is 262 g/mol. The van der Waals surface area contributed by atoms with Gasteiger partial charge in [0.2, 0.25) is 5.91 Å². The van der Waals surface area contributed by atoms with Gasteiger partial charge in [0, 0.05) is 25.4 Å². The molecule has 0 saturated carbocycles. The molecule has 0 aliphatic carbocycles. The van der Waals surface area contributed by atoms with E-state index < -0.39 is 6.04 Å². The summed E-state index contributed by atoms with van der Waals surface area (Å²) in [4.78, 5) is 29.4. The molecule has 1 aliphatic heterocycles. The number of nitrogens with zero attached hydrogens (tertiary/aromatic N) is 2. The first-order valence-corrected chi connectivity index (χ1v) is 6.48. The molecule has 0 spiro atoms. The minimum Gasteiger partial charge on any atom is -0.467 e. The minimum absolute atomic E-state index is 0.0109. The maximum Gasteiger partial charge on any atom is 0.328 e. The predicted octanol–water partition coefficient (Wildman–Crippen LogP) is 1.18. The Morgan fingerprint density at radius 2 is 2.37 bits per heavy atom. The van der Waals surface area contributed by atoms with E-state index in [4.69, 9.17) is 4.74 Å². The lowest BCUT2D eigenvalue weighted by atomic mass is 10.1. The summed E-state index contributed by atoms with van der Waals surface area (Å²) in [5, 5.41) is 0. The zero-order chi connectivity index (χ0) is 13.7. The third-order valence-electron chi connectivity index (χ3n) is 3.40. The Hall–Kier alpha value is -1.91. The summed E-state index contributed by atoms with van der Waals surface area (Å²) < 4.78 is 4.73. The van der Waals surface area contributed by atoms with E-state index in [0.717, 1.165) is 12.0 Å². The van der Waals surface area contributed by atoms with Gasteiger partial charge in [0.1, 0.15) is 6.04 Å². The molecule has 1 fully saturated rings. The number of hydrogen-bond donors (Lipinski definition) is 0. The van der Waals surface area contributed by atoms with E-state index in [1.54, 1.807) is 17.3 Å². The van der Waals surface area contributed by atoms with Gasteiger partial charge in [0.15, 0.2) is 0 Å². The van der Waals surface area contributed by atoms with Crippen LogP contribution in [0.4, 0.5) is 0 Å². The molecular weight excluding hydrogens is 244 g/mol. The number of ether oxygens (including phenoxy) is 1. The van der Waals surface area contributed by atoms with Crippen molar-refractivity contribution in [3.8, 4) is 0 Å². The fourth-order valence-corrected chi connectivity index (χ4v) is 2.39. The van der Waals surface area contributed by atoms with Crippen LogP contribution in [0.25, 0.3) is 0 Å². The number of rotatable bonds is 4. The highest BCUT2D eigenvalue weighted by Gasteiger charge is 2.34. The molecular formula is C14H18N2O3. The number of hydrogen-bond acceptors (Lipinski definition) is 4. The van der Waals surface area contributed by atoms with Crippen LogP contribution in [-0.2, 0) is 20.7 Å². The SMILES string of the molecule is COC(=O)C1CCCN1C(=O)CCc1cccnc1. The van der Waals surface area contributed by atoms with Crippen LogP contribution in [0, 0.1) is 0 Å². The maximum absolute atomic E-state index is 12.1. The first kappa shape index (κ1) is 13.5. The van der Waals surface area contributed by atoms with Crippen LogP contribution in [-0.4, -0.2) is 41.5 Å². The molecule has 0 aromatic carbocycles. The molecule has 2 heterocycles. The van der Waals surface area contributed by atoms with Crippen LogP contribution < -0.4 is 0 Å². The van der Waals surface area contributed by atoms with Gasteiger partial charge in [-0.2, -0.15) is 0 Å². The Labute approximate surface area is 112 Å². The van der Waals surface area contributed by atoms with E-state index in [2.05, 4.69) is 4.98 Å². The topological polar surface area (TPSA) is 59.5 Å². The van der Waals surface area contributed by atoms with Crippen molar-refractivity contribution in [1.82, 2.24) is 9.88 Å². The van der Waals surface area contributed by atoms with Gasteiger partial charge >= 0.3 is 5.97 Å². The van der Waals surface area contributed by atoms with Gasteiger partial charge < -0.3 is 9.64 Å². The van der Waals surface area contributed by atoms with Crippen LogP contribution in [0.2, 0.25) is 0 Å². The van der Waals surface area contributed by atoms with Gasteiger partial charge in [-0.25, -0.2) is 4.79 Å². The monoisotopic (exact) mass is 262 g/mol. The summed E-state index contributed by atoms with van der Waals surface area (Å²) >= 11 is 0. The lowest BCUT2D eigenvalue weighted by molar-refractivity contribution is -0.150. The summed E-state index contributed by atoms with van der Waals surface area (Å²) in [5.74, 6) is -0.302. The van der Waals surface area contributed by atoms with E-state index >= 15 is 0 Å². The molecule has 102 valence electrons. The third kappa shape index (κ3) is 3.30. The first-order chi connectivity index (χ1) is 9.22. The van der Waals surface area contributed by atoms with Crippen molar-refractivity contribution in [2.45, 2.75) is 31.7 Å². The Balaban J connectivity index is 1.90. The number of likely N-dealkylation sites (tertiary alicyclic amines) is 1. The molecule has 5 heteroatoms. The smallest absolute Gasteiger partial charge is 0.328 e. The molecule has 1 amide bonds. The number of aryl methyl sites for hydroxylation is 1. The van der Waals surface area contributed by atoms with Gasteiger partial charge in [-0.05, 0) is 30.9 Å². The summed E-state index contributed by atoms with van der Waals surface area (Å²) in [6.45, 7) is 0.644. The van der Waals surface area contributed by atoms with E-state index in [0.29, 0.717) is 25.8 Å². The summed E-state index contributed by atoms with van der Waals surface area (Å²) in [6.07, 6.45) is 6.08. The largest absolute Gasteiger partial charge is 0.467 e. The maximum atomic E-state index is 12.1. The normalized spacial score (nSPS) is 18.4. The van der Waals surface area contributed by atoms with Crippen LogP contribution in [0.3, 0.4) is 0 Å². The Morgan fingerprint density at radius 1 is 1.53 bits per heavy atom. The van der Waals surface area contributed by atoms with Crippen molar-refractivity contribution < 1.29 is 14.3 Å². The molecule has 0 radical (unpaired) electrons.